The maximum absolute atomic E-state index is 13.4. The molecule has 11 nitrogen and oxygen atoms in total. The first-order chi connectivity index (χ1) is 18.9. The molecule has 1 fully saturated rings. The van der Waals surface area contributed by atoms with Gasteiger partial charge in [0.05, 0.1) is 20.8 Å². The average Bonchev–Trinajstić information content (AvgIpc) is 3.22. The Balaban J connectivity index is 1.43. The topological polar surface area (TPSA) is 141 Å². The number of carbonyl (C=O) groups excluding carboxylic acids is 2. The Hall–Kier alpha value is -4.72. The Kier molecular flexibility index (Phi) is 8.89. The molecule has 2 aromatic carbocycles. The minimum atomic E-state index is -0.734. The quantitative estimate of drug-likeness (QED) is 0.174. The van der Waals surface area contributed by atoms with Crippen molar-refractivity contribution in [2.45, 2.75) is 38.8 Å². The number of benzene rings is 2. The highest BCUT2D eigenvalue weighted by Crippen LogP contribution is 2.30. The van der Waals surface area contributed by atoms with Crippen molar-refractivity contribution in [1.29, 1.82) is 5.26 Å². The van der Waals surface area contributed by atoms with Crippen LogP contribution in [0.4, 0.5) is 5.69 Å². The fourth-order valence-electron chi connectivity index (χ4n) is 4.57. The number of hydrogen-bond donors (Lipinski definition) is 3. The molecule has 11 heteroatoms. The van der Waals surface area contributed by atoms with Gasteiger partial charge >= 0.3 is 0 Å². The van der Waals surface area contributed by atoms with Gasteiger partial charge in [0.1, 0.15) is 17.4 Å². The summed E-state index contributed by atoms with van der Waals surface area (Å²) in [4.78, 5) is 32.2. The number of para-hydroxylation sites is 1. The first-order valence-corrected chi connectivity index (χ1v) is 12.7. The third kappa shape index (κ3) is 6.78. The number of ether oxygens (including phenoxy) is 2. The molecule has 1 aromatic heterocycles. The van der Waals surface area contributed by atoms with Crippen LogP contribution in [0.25, 0.3) is 11.0 Å². The highest BCUT2D eigenvalue weighted by Gasteiger charge is 2.28. The van der Waals surface area contributed by atoms with Gasteiger partial charge in [0.25, 0.3) is 0 Å². The third-order valence-corrected chi connectivity index (χ3v) is 6.41. The van der Waals surface area contributed by atoms with E-state index in [4.69, 9.17) is 13.9 Å². The van der Waals surface area contributed by atoms with Crippen molar-refractivity contribution < 1.29 is 23.5 Å². The number of rotatable bonds is 8. The molecule has 1 atom stereocenters. The van der Waals surface area contributed by atoms with Crippen LogP contribution >= 0.6 is 0 Å². The van der Waals surface area contributed by atoms with Crippen LogP contribution in [0.15, 0.2) is 51.9 Å². The van der Waals surface area contributed by atoms with Gasteiger partial charge in [-0.1, -0.05) is 12.1 Å². The lowest BCUT2D eigenvalue weighted by Crippen LogP contribution is -2.44. The number of guanidine groups is 1. The van der Waals surface area contributed by atoms with E-state index < -0.39 is 6.04 Å². The lowest BCUT2D eigenvalue weighted by molar-refractivity contribution is -0.136. The minimum absolute atomic E-state index is 0.0952. The van der Waals surface area contributed by atoms with E-state index in [0.29, 0.717) is 30.2 Å². The number of nitrogens with one attached hydrogen (secondary N) is 3. The van der Waals surface area contributed by atoms with E-state index >= 15 is 0 Å². The van der Waals surface area contributed by atoms with Crippen molar-refractivity contribution in [2.24, 2.45) is 4.99 Å². The molecule has 3 aromatic rings. The maximum Gasteiger partial charge on any atom is 0.247 e. The Morgan fingerprint density at radius 2 is 2.05 bits per heavy atom. The second-order valence-electron chi connectivity index (χ2n) is 9.15. The van der Waals surface area contributed by atoms with Gasteiger partial charge in [-0.3, -0.25) is 14.9 Å². The summed E-state index contributed by atoms with van der Waals surface area (Å²) < 4.78 is 16.3. The predicted molar refractivity (Wildman–Crippen MR) is 146 cm³/mol. The molecule has 204 valence electrons. The summed E-state index contributed by atoms with van der Waals surface area (Å²) in [5, 5.41) is 18.7. The fourth-order valence-corrected chi connectivity index (χ4v) is 4.57. The molecule has 1 saturated heterocycles. The normalized spacial score (nSPS) is 15.8. The van der Waals surface area contributed by atoms with Crippen LogP contribution < -0.4 is 25.4 Å². The van der Waals surface area contributed by atoms with Gasteiger partial charge in [0.2, 0.25) is 17.8 Å². The molecular weight excluding hydrogens is 500 g/mol. The summed E-state index contributed by atoms with van der Waals surface area (Å²) in [6, 6.07) is 12.1. The number of anilines is 1. The van der Waals surface area contributed by atoms with Crippen molar-refractivity contribution in [2.75, 3.05) is 32.6 Å². The molecule has 0 spiro atoms. The fraction of sp³-hybridized carbons (Fsp3) is 0.357. The minimum Gasteiger partial charge on any atom is -0.493 e. The Bertz CT molecular complexity index is 1410. The largest absolute Gasteiger partial charge is 0.493 e. The molecule has 0 radical (unpaired) electrons. The first-order valence-electron chi connectivity index (χ1n) is 12.7. The number of nitrogens with zero attached hydrogens (tertiary/aromatic N) is 3. The molecule has 0 bridgehead atoms. The van der Waals surface area contributed by atoms with E-state index in [1.54, 1.807) is 20.3 Å². The summed E-state index contributed by atoms with van der Waals surface area (Å²) in [6.45, 7) is 2.45. The molecule has 4 rings (SSSR count). The van der Waals surface area contributed by atoms with Crippen LogP contribution in [0.3, 0.4) is 0 Å². The second kappa shape index (κ2) is 12.7. The molecule has 0 aliphatic carbocycles. The molecule has 0 saturated carbocycles. The number of likely N-dealkylation sites (tertiary alicyclic amines) is 1. The number of amides is 2. The standard InChI is InChI=1S/C28H32N6O5/c1-18-13-20-14-21(10-11-23(20)39-18)32-28(31-17-29)33-22-8-4-5-12-34(27(22)36)16-25(35)30-15-19-7-6-9-24(37-2)26(19)38-3/h6-7,9-11,13-14,22H,4-5,8,12,15-16H2,1-3H3,(H,30,35)(H2,31,32,33)/t22-/m0/s1. The third-order valence-electron chi connectivity index (χ3n) is 6.41. The smallest absolute Gasteiger partial charge is 0.247 e. The average molecular weight is 533 g/mol. The monoisotopic (exact) mass is 532 g/mol. The van der Waals surface area contributed by atoms with Crippen molar-refractivity contribution in [3.05, 3.63) is 53.8 Å². The molecule has 39 heavy (non-hydrogen) atoms. The van der Waals surface area contributed by atoms with Crippen molar-refractivity contribution in [3.63, 3.8) is 0 Å². The lowest BCUT2D eigenvalue weighted by atomic mass is 10.1. The van der Waals surface area contributed by atoms with Crippen LogP contribution in [-0.2, 0) is 16.1 Å². The van der Waals surface area contributed by atoms with Crippen LogP contribution in [0.2, 0.25) is 0 Å². The summed E-state index contributed by atoms with van der Waals surface area (Å²) in [6.07, 6.45) is 3.90. The number of methoxy groups -OCH3 is 2. The molecule has 2 amide bonds. The Morgan fingerprint density at radius 1 is 1.21 bits per heavy atom. The van der Waals surface area contributed by atoms with Crippen LogP contribution in [0.5, 0.6) is 11.5 Å². The second-order valence-corrected chi connectivity index (χ2v) is 9.15. The van der Waals surface area contributed by atoms with Crippen LogP contribution in [0.1, 0.15) is 30.6 Å². The number of hydrogen-bond acceptors (Lipinski definition) is 7. The van der Waals surface area contributed by atoms with Gasteiger partial charge in [0.15, 0.2) is 17.7 Å². The van der Waals surface area contributed by atoms with Gasteiger partial charge in [0, 0.05) is 29.7 Å². The lowest BCUT2D eigenvalue weighted by Gasteiger charge is -2.23. The number of nitriles is 1. The van der Waals surface area contributed by atoms with Gasteiger partial charge < -0.3 is 29.4 Å². The molecule has 3 N–H and O–H groups in total. The number of fused-ring (bicyclic) bond motifs is 1. The Labute approximate surface area is 226 Å². The summed E-state index contributed by atoms with van der Waals surface area (Å²) in [5.41, 5.74) is 2.20. The zero-order valence-corrected chi connectivity index (χ0v) is 22.2. The zero-order valence-electron chi connectivity index (χ0n) is 22.2. The van der Waals surface area contributed by atoms with Gasteiger partial charge in [-0.25, -0.2) is 4.99 Å². The maximum atomic E-state index is 13.4. The van der Waals surface area contributed by atoms with Crippen molar-refractivity contribution >= 4 is 34.4 Å². The first kappa shape index (κ1) is 27.3. The molecule has 1 aliphatic rings. The van der Waals surface area contributed by atoms with E-state index in [9.17, 15) is 14.9 Å². The van der Waals surface area contributed by atoms with Crippen LogP contribution in [-0.4, -0.2) is 56.0 Å². The summed E-state index contributed by atoms with van der Waals surface area (Å²) >= 11 is 0. The molecule has 0 unspecified atom stereocenters. The molecule has 2 heterocycles. The SMILES string of the molecule is COc1cccc(CNC(=O)CN2CCCC[C@H](N=C(NC#N)Nc3ccc4oc(C)cc4c3)C2=O)c1OC. The van der Waals surface area contributed by atoms with E-state index in [-0.39, 0.29) is 30.9 Å². The number of carbonyl (C=O) groups is 2. The van der Waals surface area contributed by atoms with Gasteiger partial charge in [-0.2, -0.15) is 5.26 Å². The van der Waals surface area contributed by atoms with E-state index in [1.165, 1.54) is 4.90 Å². The van der Waals surface area contributed by atoms with E-state index in [1.807, 2.05) is 49.5 Å². The highest BCUT2D eigenvalue weighted by molar-refractivity contribution is 5.98. The summed E-state index contributed by atoms with van der Waals surface area (Å²) in [5.74, 6) is 1.51. The molecule has 1 aliphatic heterocycles. The number of aliphatic imine (C=N–C) groups is 1. The highest BCUT2D eigenvalue weighted by atomic mass is 16.5. The predicted octanol–water partition coefficient (Wildman–Crippen LogP) is 3.29. The van der Waals surface area contributed by atoms with Crippen molar-refractivity contribution in [3.8, 4) is 17.7 Å². The summed E-state index contributed by atoms with van der Waals surface area (Å²) in [7, 11) is 3.09. The van der Waals surface area contributed by atoms with Crippen molar-refractivity contribution in [1.82, 2.24) is 15.5 Å². The van der Waals surface area contributed by atoms with Gasteiger partial charge in [-0.05, 0) is 56.5 Å². The number of furan rings is 1. The van der Waals surface area contributed by atoms with E-state index in [0.717, 1.165) is 35.1 Å². The Morgan fingerprint density at radius 3 is 2.82 bits per heavy atom. The van der Waals surface area contributed by atoms with Gasteiger partial charge in [-0.15, -0.1) is 0 Å². The van der Waals surface area contributed by atoms with Crippen LogP contribution in [0, 0.1) is 18.4 Å². The number of aryl methyl sites for hydroxylation is 1. The molecular formula is C28H32N6O5. The van der Waals surface area contributed by atoms with E-state index in [2.05, 4.69) is 20.9 Å². The zero-order chi connectivity index (χ0) is 27.8.